The lowest BCUT2D eigenvalue weighted by molar-refractivity contribution is 0.102. The number of carbonyl (C=O) groups excluding carboxylic acids is 1. The summed E-state index contributed by atoms with van der Waals surface area (Å²) in [5.74, 6) is 0.843. The van der Waals surface area contributed by atoms with Crippen LogP contribution in [-0.2, 0) is 0 Å². The van der Waals surface area contributed by atoms with E-state index in [0.717, 1.165) is 5.56 Å². The van der Waals surface area contributed by atoms with E-state index in [1.165, 1.54) is 23.5 Å². The van der Waals surface area contributed by atoms with Crippen LogP contribution in [0.25, 0.3) is 10.6 Å². The number of hydrogen-bond acceptors (Lipinski definition) is 6. The smallest absolute Gasteiger partial charge is 0.275 e. The van der Waals surface area contributed by atoms with Gasteiger partial charge in [-0.2, -0.15) is 0 Å². The number of nitrogens with one attached hydrogen (secondary N) is 1. The predicted octanol–water partition coefficient (Wildman–Crippen LogP) is 4.78. The topological polar surface area (TPSA) is 73.3 Å². The molecule has 0 bridgehead atoms. The molecule has 3 aromatic rings. The zero-order valence-electron chi connectivity index (χ0n) is 13.7. The highest BCUT2D eigenvalue weighted by molar-refractivity contribution is 7.13. The van der Waals surface area contributed by atoms with Crippen LogP contribution in [0.5, 0.6) is 11.5 Å². The van der Waals surface area contributed by atoms with Crippen molar-refractivity contribution in [3.05, 3.63) is 51.7 Å². The Morgan fingerprint density at radius 2 is 1.73 bits per heavy atom. The third-order valence-corrected chi connectivity index (χ3v) is 4.67. The van der Waals surface area contributed by atoms with Gasteiger partial charge in [-0.05, 0) is 30.3 Å². The fraction of sp³-hybridized carbons (Fsp3) is 0.118. The highest BCUT2D eigenvalue weighted by Crippen LogP contribution is 2.33. The van der Waals surface area contributed by atoms with Gasteiger partial charge in [-0.3, -0.25) is 4.79 Å². The zero-order valence-corrected chi connectivity index (χ0v) is 16.1. The third kappa shape index (κ3) is 4.07. The third-order valence-electron chi connectivity index (χ3n) is 3.39. The van der Waals surface area contributed by atoms with Gasteiger partial charge in [0, 0.05) is 16.6 Å². The van der Waals surface area contributed by atoms with Crippen LogP contribution in [0.4, 0.5) is 5.69 Å². The Balaban J connectivity index is 1.82. The first-order valence-electron chi connectivity index (χ1n) is 7.32. The Labute approximate surface area is 163 Å². The fourth-order valence-corrected chi connectivity index (χ4v) is 3.47. The van der Waals surface area contributed by atoms with Gasteiger partial charge in [0.2, 0.25) is 0 Å². The molecule has 0 atom stereocenters. The number of benzene rings is 1. The van der Waals surface area contributed by atoms with Crippen molar-refractivity contribution in [3.63, 3.8) is 0 Å². The van der Waals surface area contributed by atoms with Crippen LogP contribution in [-0.4, -0.2) is 30.1 Å². The monoisotopic (exact) mass is 409 g/mol. The van der Waals surface area contributed by atoms with Crippen LogP contribution in [0.2, 0.25) is 10.3 Å². The summed E-state index contributed by atoms with van der Waals surface area (Å²) >= 11 is 13.0. The summed E-state index contributed by atoms with van der Waals surface area (Å²) in [7, 11) is 3.13. The second kappa shape index (κ2) is 7.90. The van der Waals surface area contributed by atoms with Crippen molar-refractivity contribution in [1.82, 2.24) is 9.97 Å². The first-order valence-corrected chi connectivity index (χ1v) is 8.96. The molecule has 0 spiro atoms. The normalized spacial score (nSPS) is 10.5. The number of aromatic nitrogens is 2. The maximum atomic E-state index is 12.4. The lowest BCUT2D eigenvalue weighted by Crippen LogP contribution is -2.12. The van der Waals surface area contributed by atoms with Crippen LogP contribution >= 0.6 is 34.5 Å². The van der Waals surface area contributed by atoms with Gasteiger partial charge in [-0.25, -0.2) is 9.97 Å². The Morgan fingerprint density at radius 3 is 2.38 bits per heavy atom. The number of anilines is 1. The minimum absolute atomic E-state index is 0.192. The molecule has 0 aliphatic carbocycles. The van der Waals surface area contributed by atoms with E-state index in [1.54, 1.807) is 25.7 Å². The molecule has 9 heteroatoms. The lowest BCUT2D eigenvalue weighted by atomic mass is 10.2. The van der Waals surface area contributed by atoms with Gasteiger partial charge in [0.25, 0.3) is 5.91 Å². The predicted molar refractivity (Wildman–Crippen MR) is 103 cm³/mol. The van der Waals surface area contributed by atoms with Crippen LogP contribution in [0, 0.1) is 0 Å². The number of methoxy groups -OCH3 is 2. The van der Waals surface area contributed by atoms with E-state index in [9.17, 15) is 4.79 Å². The number of rotatable bonds is 5. The summed E-state index contributed by atoms with van der Waals surface area (Å²) in [5.41, 5.74) is 1.55. The van der Waals surface area contributed by atoms with E-state index in [4.69, 9.17) is 32.7 Å². The van der Waals surface area contributed by atoms with Gasteiger partial charge >= 0.3 is 0 Å². The summed E-state index contributed by atoms with van der Waals surface area (Å²) in [6.07, 6.45) is 0. The van der Waals surface area contributed by atoms with Gasteiger partial charge in [-0.15, -0.1) is 11.3 Å². The molecule has 0 saturated carbocycles. The van der Waals surface area contributed by atoms with Crippen molar-refractivity contribution >= 4 is 46.1 Å². The van der Waals surface area contributed by atoms with E-state index >= 15 is 0 Å². The number of ether oxygens (including phenoxy) is 2. The highest BCUT2D eigenvalue weighted by Gasteiger charge is 2.14. The molecule has 0 radical (unpaired) electrons. The molecule has 26 heavy (non-hydrogen) atoms. The maximum Gasteiger partial charge on any atom is 0.275 e. The Hall–Kier alpha value is -2.35. The average Bonchev–Trinajstić information content (AvgIpc) is 3.10. The molecule has 3 rings (SSSR count). The Bertz CT molecular complexity index is 942. The van der Waals surface area contributed by atoms with Crippen molar-refractivity contribution in [1.29, 1.82) is 0 Å². The number of thiazole rings is 1. The number of carbonyl (C=O) groups is 1. The molecule has 0 fully saturated rings. The van der Waals surface area contributed by atoms with E-state index in [0.29, 0.717) is 22.2 Å². The second-order valence-electron chi connectivity index (χ2n) is 5.06. The molecule has 1 N–H and O–H groups in total. The quantitative estimate of drug-likeness (QED) is 0.613. The van der Waals surface area contributed by atoms with Crippen molar-refractivity contribution in [2.24, 2.45) is 0 Å². The molecule has 2 aromatic heterocycles. The minimum atomic E-state index is -0.369. The molecular formula is C17H13Cl2N3O3S. The van der Waals surface area contributed by atoms with Crippen LogP contribution in [0.15, 0.2) is 35.7 Å². The number of halogens is 2. The summed E-state index contributed by atoms with van der Waals surface area (Å²) in [5, 5.41) is 5.44. The van der Waals surface area contributed by atoms with Crippen LogP contribution in [0.1, 0.15) is 10.5 Å². The first-order chi connectivity index (χ1) is 12.5. The van der Waals surface area contributed by atoms with E-state index in [2.05, 4.69) is 15.3 Å². The van der Waals surface area contributed by atoms with Gasteiger partial charge in [0.15, 0.2) is 11.5 Å². The van der Waals surface area contributed by atoms with Gasteiger partial charge in [0.05, 0.1) is 14.2 Å². The Morgan fingerprint density at radius 1 is 1.04 bits per heavy atom. The van der Waals surface area contributed by atoms with E-state index in [-0.39, 0.29) is 21.9 Å². The minimum Gasteiger partial charge on any atom is -0.493 e. The van der Waals surface area contributed by atoms with Crippen molar-refractivity contribution < 1.29 is 14.3 Å². The molecule has 0 unspecified atom stereocenters. The highest BCUT2D eigenvalue weighted by atomic mass is 35.5. The average molecular weight is 410 g/mol. The molecule has 0 aliphatic heterocycles. The number of amides is 1. The van der Waals surface area contributed by atoms with Crippen molar-refractivity contribution in [3.8, 4) is 22.1 Å². The Kier molecular flexibility index (Phi) is 5.61. The van der Waals surface area contributed by atoms with Crippen LogP contribution < -0.4 is 14.8 Å². The summed E-state index contributed by atoms with van der Waals surface area (Å²) in [6.45, 7) is 0. The summed E-state index contributed by atoms with van der Waals surface area (Å²) in [6, 6.07) is 8.46. The van der Waals surface area contributed by atoms with Gasteiger partial charge in [-0.1, -0.05) is 23.2 Å². The van der Waals surface area contributed by atoms with E-state index < -0.39 is 0 Å². The second-order valence-corrected chi connectivity index (χ2v) is 6.70. The molecule has 134 valence electrons. The largest absolute Gasteiger partial charge is 0.493 e. The van der Waals surface area contributed by atoms with Crippen molar-refractivity contribution in [2.45, 2.75) is 0 Å². The summed E-state index contributed by atoms with van der Waals surface area (Å²) in [4.78, 5) is 20.6. The SMILES string of the molecule is COc1ccc(-c2nc(C(=O)Nc3cc(Cl)nc(Cl)c3)cs2)cc1OC. The molecule has 0 saturated heterocycles. The van der Waals surface area contributed by atoms with Crippen molar-refractivity contribution in [2.75, 3.05) is 19.5 Å². The standard InChI is InChI=1S/C17H13Cl2N3O3S/c1-24-12-4-3-9(5-13(12)25-2)17-21-11(8-26-17)16(23)20-10-6-14(18)22-15(19)7-10/h3-8H,1-2H3,(H,20,22,23). The molecule has 2 heterocycles. The molecule has 1 aromatic carbocycles. The number of nitrogens with zero attached hydrogens (tertiary/aromatic N) is 2. The van der Waals surface area contributed by atoms with E-state index in [1.807, 2.05) is 12.1 Å². The zero-order chi connectivity index (χ0) is 18.7. The van der Waals surface area contributed by atoms with Gasteiger partial charge < -0.3 is 14.8 Å². The lowest BCUT2D eigenvalue weighted by Gasteiger charge is -2.08. The number of pyridine rings is 1. The summed E-state index contributed by atoms with van der Waals surface area (Å²) < 4.78 is 10.5. The molecular weight excluding hydrogens is 397 g/mol. The van der Waals surface area contributed by atoms with Gasteiger partial charge in [0.1, 0.15) is 21.0 Å². The maximum absolute atomic E-state index is 12.4. The van der Waals surface area contributed by atoms with Crippen LogP contribution in [0.3, 0.4) is 0 Å². The first kappa shape index (κ1) is 18.4. The fourth-order valence-electron chi connectivity index (χ4n) is 2.21. The molecule has 1 amide bonds. The molecule has 0 aliphatic rings. The molecule has 6 nitrogen and oxygen atoms in total. The number of hydrogen-bond donors (Lipinski definition) is 1.